The summed E-state index contributed by atoms with van der Waals surface area (Å²) in [6.45, 7) is 8.53. The molecule has 1 unspecified atom stereocenters. The maximum atomic E-state index is 10.1. The van der Waals surface area contributed by atoms with Crippen LogP contribution in [0.25, 0.3) is 0 Å². The largest absolute Gasteiger partial charge is 0.388 e. The van der Waals surface area contributed by atoms with Crippen molar-refractivity contribution in [3.05, 3.63) is 34.9 Å². The normalized spacial score (nSPS) is 13.9. The average Bonchev–Trinajstić information content (AvgIpc) is 2.24. The van der Waals surface area contributed by atoms with Gasteiger partial charge in [0.15, 0.2) is 0 Å². The summed E-state index contributed by atoms with van der Waals surface area (Å²) in [4.78, 5) is 2.25. The van der Waals surface area contributed by atoms with Crippen molar-refractivity contribution in [1.29, 1.82) is 0 Å². The van der Waals surface area contributed by atoms with E-state index in [9.17, 15) is 5.11 Å². The summed E-state index contributed by atoms with van der Waals surface area (Å²) < 4.78 is 0. The van der Waals surface area contributed by atoms with E-state index < -0.39 is 6.10 Å². The molecule has 3 heteroatoms. The fourth-order valence-electron chi connectivity index (χ4n) is 2.13. The van der Waals surface area contributed by atoms with Gasteiger partial charge in [0.2, 0.25) is 0 Å². The Bertz CT molecular complexity index is 373. The first-order valence-electron chi connectivity index (χ1n) is 6.40. The second-order valence-corrected chi connectivity index (χ2v) is 6.53. The van der Waals surface area contributed by atoms with E-state index in [2.05, 4.69) is 32.7 Å². The van der Waals surface area contributed by atoms with Gasteiger partial charge >= 0.3 is 0 Å². The summed E-state index contributed by atoms with van der Waals surface area (Å²) in [7, 11) is 2.09. The van der Waals surface area contributed by atoms with Crippen molar-refractivity contribution < 1.29 is 5.11 Å². The van der Waals surface area contributed by atoms with E-state index in [-0.39, 0.29) is 5.41 Å². The molecule has 0 aliphatic heterocycles. The van der Waals surface area contributed by atoms with Crippen LogP contribution in [0.1, 0.15) is 38.9 Å². The van der Waals surface area contributed by atoms with Crippen LogP contribution in [-0.2, 0) is 0 Å². The molecule has 1 aromatic carbocycles. The van der Waals surface area contributed by atoms with Gasteiger partial charge in [0.25, 0.3) is 0 Å². The molecule has 0 fully saturated rings. The quantitative estimate of drug-likeness (QED) is 0.880. The first kappa shape index (κ1) is 15.5. The Morgan fingerprint density at radius 3 is 2.44 bits per heavy atom. The van der Waals surface area contributed by atoms with Crippen molar-refractivity contribution in [2.45, 2.75) is 33.3 Å². The van der Waals surface area contributed by atoms with Crippen LogP contribution in [0.5, 0.6) is 0 Å². The summed E-state index contributed by atoms with van der Waals surface area (Å²) in [5, 5.41) is 10.8. The minimum atomic E-state index is -0.485. The average molecular weight is 270 g/mol. The lowest BCUT2D eigenvalue weighted by molar-refractivity contribution is 0.137. The molecule has 1 N–H and O–H groups in total. The number of rotatable bonds is 5. The highest BCUT2D eigenvalue weighted by Gasteiger charge is 2.16. The zero-order valence-corrected chi connectivity index (χ0v) is 12.5. The van der Waals surface area contributed by atoms with Crippen LogP contribution in [0.3, 0.4) is 0 Å². The molecule has 18 heavy (non-hydrogen) atoms. The van der Waals surface area contributed by atoms with E-state index in [1.54, 1.807) is 0 Å². The highest BCUT2D eigenvalue weighted by Crippen LogP contribution is 2.25. The first-order valence-corrected chi connectivity index (χ1v) is 6.78. The lowest BCUT2D eigenvalue weighted by atomic mass is 9.96. The van der Waals surface area contributed by atoms with Crippen LogP contribution in [-0.4, -0.2) is 30.1 Å². The van der Waals surface area contributed by atoms with Crippen LogP contribution in [0.15, 0.2) is 24.3 Å². The summed E-state index contributed by atoms with van der Waals surface area (Å²) in [5.74, 6) is 0. The van der Waals surface area contributed by atoms with E-state index in [4.69, 9.17) is 11.6 Å². The van der Waals surface area contributed by atoms with Gasteiger partial charge in [0.1, 0.15) is 0 Å². The van der Waals surface area contributed by atoms with Gasteiger partial charge in [-0.25, -0.2) is 0 Å². The number of hydrogen-bond acceptors (Lipinski definition) is 2. The van der Waals surface area contributed by atoms with Crippen LogP contribution >= 0.6 is 11.6 Å². The van der Waals surface area contributed by atoms with Crippen molar-refractivity contribution in [1.82, 2.24) is 4.90 Å². The smallest absolute Gasteiger partial charge is 0.0816 e. The van der Waals surface area contributed by atoms with Crippen LogP contribution in [0.2, 0.25) is 5.02 Å². The van der Waals surface area contributed by atoms with Gasteiger partial charge in [-0.2, -0.15) is 0 Å². The number of halogens is 1. The molecule has 0 radical (unpaired) electrons. The van der Waals surface area contributed by atoms with Crippen molar-refractivity contribution in [3.8, 4) is 0 Å². The minimum Gasteiger partial charge on any atom is -0.388 e. The highest BCUT2D eigenvalue weighted by atomic mass is 35.5. The van der Waals surface area contributed by atoms with Gasteiger partial charge in [-0.3, -0.25) is 0 Å². The van der Waals surface area contributed by atoms with Gasteiger partial charge in [-0.1, -0.05) is 50.6 Å². The standard InChI is InChI=1S/C15H24ClNO/c1-15(2,3)11-17(4)10-9-14(18)12-7-5-6-8-13(12)16/h5-8,14,18H,9-11H2,1-4H3. The Hall–Kier alpha value is -0.570. The zero-order chi connectivity index (χ0) is 13.8. The molecule has 0 aromatic heterocycles. The molecule has 1 atom stereocenters. The Labute approximate surface area is 116 Å². The summed E-state index contributed by atoms with van der Waals surface area (Å²) >= 11 is 6.07. The van der Waals surface area contributed by atoms with Crippen molar-refractivity contribution in [2.24, 2.45) is 5.41 Å². The van der Waals surface area contributed by atoms with E-state index in [1.807, 2.05) is 24.3 Å². The third-order valence-electron chi connectivity index (χ3n) is 2.79. The topological polar surface area (TPSA) is 23.5 Å². The highest BCUT2D eigenvalue weighted by molar-refractivity contribution is 6.31. The summed E-state index contributed by atoms with van der Waals surface area (Å²) in [6, 6.07) is 7.49. The number of aliphatic hydroxyl groups is 1. The van der Waals surface area contributed by atoms with E-state index in [1.165, 1.54) is 0 Å². The fourth-order valence-corrected chi connectivity index (χ4v) is 2.39. The van der Waals surface area contributed by atoms with Crippen LogP contribution < -0.4 is 0 Å². The number of hydrogen-bond donors (Lipinski definition) is 1. The summed E-state index contributed by atoms with van der Waals surface area (Å²) in [5.41, 5.74) is 1.10. The van der Waals surface area contributed by atoms with Gasteiger partial charge in [-0.05, 0) is 30.5 Å². The Kier molecular flexibility index (Phi) is 5.64. The Morgan fingerprint density at radius 1 is 1.28 bits per heavy atom. The third-order valence-corrected chi connectivity index (χ3v) is 3.14. The first-order chi connectivity index (χ1) is 8.29. The molecule has 0 amide bonds. The van der Waals surface area contributed by atoms with Crippen LogP contribution in [0.4, 0.5) is 0 Å². The fraction of sp³-hybridized carbons (Fsp3) is 0.600. The van der Waals surface area contributed by atoms with Gasteiger partial charge < -0.3 is 10.0 Å². The SMILES string of the molecule is CN(CCC(O)c1ccccc1Cl)CC(C)(C)C. The molecule has 0 saturated carbocycles. The second kappa shape index (κ2) is 6.55. The third kappa shape index (κ3) is 5.38. The van der Waals surface area contributed by atoms with E-state index >= 15 is 0 Å². The van der Waals surface area contributed by atoms with Gasteiger partial charge in [-0.15, -0.1) is 0 Å². The second-order valence-electron chi connectivity index (χ2n) is 6.12. The lowest BCUT2D eigenvalue weighted by Crippen LogP contribution is -2.30. The maximum absolute atomic E-state index is 10.1. The van der Waals surface area contributed by atoms with Crippen LogP contribution in [0, 0.1) is 5.41 Å². The minimum absolute atomic E-state index is 0.282. The van der Waals surface area contributed by atoms with Gasteiger partial charge in [0, 0.05) is 18.1 Å². The molecule has 0 aliphatic rings. The molecular weight excluding hydrogens is 246 g/mol. The molecule has 0 heterocycles. The maximum Gasteiger partial charge on any atom is 0.0816 e. The number of aliphatic hydroxyl groups excluding tert-OH is 1. The van der Waals surface area contributed by atoms with Crippen molar-refractivity contribution in [2.75, 3.05) is 20.1 Å². The molecule has 0 bridgehead atoms. The predicted octanol–water partition coefficient (Wildman–Crippen LogP) is 3.74. The molecule has 0 spiro atoms. The molecule has 2 nitrogen and oxygen atoms in total. The van der Waals surface area contributed by atoms with Gasteiger partial charge in [0.05, 0.1) is 6.10 Å². The van der Waals surface area contributed by atoms with E-state index in [0.717, 1.165) is 18.7 Å². The van der Waals surface area contributed by atoms with Crippen molar-refractivity contribution >= 4 is 11.6 Å². The molecular formula is C15H24ClNO. The molecule has 1 rings (SSSR count). The predicted molar refractivity (Wildman–Crippen MR) is 78.0 cm³/mol. The Morgan fingerprint density at radius 2 is 1.89 bits per heavy atom. The molecule has 0 aliphatic carbocycles. The molecule has 1 aromatic rings. The molecule has 0 saturated heterocycles. The zero-order valence-electron chi connectivity index (χ0n) is 11.8. The van der Waals surface area contributed by atoms with E-state index in [0.29, 0.717) is 11.4 Å². The summed E-state index contributed by atoms with van der Waals surface area (Å²) in [6.07, 6.45) is 0.220. The number of nitrogens with zero attached hydrogens (tertiary/aromatic N) is 1. The number of benzene rings is 1. The monoisotopic (exact) mass is 269 g/mol. The van der Waals surface area contributed by atoms with Crippen molar-refractivity contribution in [3.63, 3.8) is 0 Å². The molecule has 102 valence electrons. The Balaban J connectivity index is 2.47. The lowest BCUT2D eigenvalue weighted by Gasteiger charge is -2.27.